The summed E-state index contributed by atoms with van der Waals surface area (Å²) in [5.74, 6) is -1.40. The third-order valence-electron chi connectivity index (χ3n) is 12.1. The Hall–Kier alpha value is -6.62. The molecule has 4 aromatic rings. The standard InChI is InChI=1S/C46H53N7O10/c1-4-52-26-33(30-16-19-47-22-32(30)44(52)58)28-20-37(61-2)34(38(21-28)62-3)25-51-23-29(24-51)41(63-27-54)43(57)49-18-10-8-6-5-7-9-17-48-35-13-11-12-31-40(35)46(60)53(45(31)59)36-14-15-39(55)50-42(36)56/h11-13,16,19-22,26-27,29,36,41,48H,4-10,14-15,17-18,23-25H2,1-3H3,(H,49,57)(H,50,55,56). The van der Waals surface area contributed by atoms with Crippen LogP contribution in [0.4, 0.5) is 5.69 Å². The molecule has 0 aliphatic carbocycles. The lowest BCUT2D eigenvalue weighted by Crippen LogP contribution is -2.56. The molecule has 3 aliphatic rings. The highest BCUT2D eigenvalue weighted by Crippen LogP contribution is 2.39. The molecule has 0 saturated carbocycles. The summed E-state index contributed by atoms with van der Waals surface area (Å²) in [6.07, 6.45) is 9.73. The largest absolute Gasteiger partial charge is 0.496 e. The number of imide groups is 2. The topological polar surface area (TPSA) is 208 Å². The van der Waals surface area contributed by atoms with Crippen molar-refractivity contribution in [2.75, 3.05) is 45.7 Å². The molecule has 3 N–H and O–H groups in total. The van der Waals surface area contributed by atoms with Gasteiger partial charge in [-0.25, -0.2) is 0 Å². The minimum Gasteiger partial charge on any atom is -0.496 e. The summed E-state index contributed by atoms with van der Waals surface area (Å²) in [7, 11) is 3.20. The Bertz CT molecular complexity index is 2440. The number of methoxy groups -OCH3 is 2. The Balaban J connectivity index is 0.830. The molecule has 3 aliphatic heterocycles. The molecule has 5 heterocycles. The van der Waals surface area contributed by atoms with Gasteiger partial charge in [-0.2, -0.15) is 0 Å². The van der Waals surface area contributed by atoms with Crippen LogP contribution in [0.1, 0.15) is 84.6 Å². The number of aromatic nitrogens is 2. The third kappa shape index (κ3) is 9.43. The number of carbonyl (C=O) groups is 6. The van der Waals surface area contributed by atoms with E-state index in [1.165, 1.54) is 0 Å². The zero-order valence-electron chi connectivity index (χ0n) is 35.8. The van der Waals surface area contributed by atoms with E-state index in [0.29, 0.717) is 68.3 Å². The summed E-state index contributed by atoms with van der Waals surface area (Å²) in [6.45, 7) is 5.32. The van der Waals surface area contributed by atoms with Crippen molar-refractivity contribution in [1.82, 2.24) is 30.0 Å². The molecule has 2 saturated heterocycles. The summed E-state index contributed by atoms with van der Waals surface area (Å²) >= 11 is 0. The molecule has 2 fully saturated rings. The van der Waals surface area contributed by atoms with E-state index in [4.69, 9.17) is 14.2 Å². The molecule has 332 valence electrons. The first-order valence-corrected chi connectivity index (χ1v) is 21.5. The fraction of sp³-hybridized carbons (Fsp3) is 0.435. The monoisotopic (exact) mass is 863 g/mol. The van der Waals surface area contributed by atoms with E-state index in [1.54, 1.807) is 49.4 Å². The van der Waals surface area contributed by atoms with Crippen LogP contribution in [-0.2, 0) is 37.0 Å². The van der Waals surface area contributed by atoms with Gasteiger partial charge in [-0.3, -0.25) is 53.7 Å². The second kappa shape index (κ2) is 20.0. The van der Waals surface area contributed by atoms with E-state index in [2.05, 4.69) is 25.8 Å². The molecule has 0 radical (unpaired) electrons. The van der Waals surface area contributed by atoms with Crippen molar-refractivity contribution in [3.8, 4) is 22.6 Å². The predicted octanol–water partition coefficient (Wildman–Crippen LogP) is 4.04. The minimum atomic E-state index is -1.01. The second-order valence-electron chi connectivity index (χ2n) is 16.0. The van der Waals surface area contributed by atoms with Gasteiger partial charge in [0.2, 0.25) is 11.8 Å². The van der Waals surface area contributed by atoms with Gasteiger partial charge in [-0.15, -0.1) is 0 Å². The molecule has 0 spiro atoms. The Labute approximate surface area is 364 Å². The number of carbonyl (C=O) groups excluding carboxylic acids is 6. The molecular weight excluding hydrogens is 811 g/mol. The number of aryl methyl sites for hydroxylation is 1. The average Bonchev–Trinajstić information content (AvgIpc) is 3.53. The van der Waals surface area contributed by atoms with E-state index in [0.717, 1.165) is 65.5 Å². The van der Waals surface area contributed by atoms with Crippen molar-refractivity contribution in [1.29, 1.82) is 0 Å². The van der Waals surface area contributed by atoms with Crippen LogP contribution in [0.5, 0.6) is 11.5 Å². The van der Waals surface area contributed by atoms with Crippen molar-refractivity contribution >= 4 is 52.5 Å². The number of amides is 5. The SMILES string of the molecule is CCn1cc(-c2cc(OC)c(CN3CC(C(OC=O)C(=O)NCCCCCCCCNc4cccc5c4C(=O)N(C4CCC(=O)NC4=O)C5=O)C3)c(OC)c2)c2ccncc2c1=O. The molecule has 0 bridgehead atoms. The number of nitrogens with zero attached hydrogens (tertiary/aromatic N) is 4. The number of piperidine rings is 1. The molecule has 5 amide bonds. The molecule has 2 unspecified atom stereocenters. The molecule has 7 rings (SSSR count). The maximum Gasteiger partial charge on any atom is 0.293 e. The van der Waals surface area contributed by atoms with Crippen LogP contribution in [0.15, 0.2) is 59.8 Å². The van der Waals surface area contributed by atoms with Gasteiger partial charge in [0, 0.05) is 81.4 Å². The highest BCUT2D eigenvalue weighted by Gasteiger charge is 2.45. The van der Waals surface area contributed by atoms with Crippen LogP contribution in [0.2, 0.25) is 0 Å². The van der Waals surface area contributed by atoms with Gasteiger partial charge in [-0.1, -0.05) is 31.7 Å². The summed E-state index contributed by atoms with van der Waals surface area (Å²) in [4.78, 5) is 95.3. The number of nitrogens with one attached hydrogen (secondary N) is 3. The van der Waals surface area contributed by atoms with Gasteiger partial charge < -0.3 is 29.4 Å². The fourth-order valence-corrected chi connectivity index (χ4v) is 8.75. The maximum atomic E-state index is 13.3. The zero-order valence-corrected chi connectivity index (χ0v) is 35.8. The molecule has 17 heteroatoms. The smallest absolute Gasteiger partial charge is 0.293 e. The summed E-state index contributed by atoms with van der Waals surface area (Å²) in [5.41, 5.74) is 3.43. The van der Waals surface area contributed by atoms with Gasteiger partial charge >= 0.3 is 0 Å². The van der Waals surface area contributed by atoms with E-state index in [9.17, 15) is 33.6 Å². The number of ether oxygens (including phenoxy) is 3. The average molecular weight is 864 g/mol. The number of anilines is 1. The first-order valence-electron chi connectivity index (χ1n) is 21.5. The van der Waals surface area contributed by atoms with Crippen molar-refractivity contribution in [3.05, 3.63) is 82.0 Å². The van der Waals surface area contributed by atoms with E-state index >= 15 is 0 Å². The lowest BCUT2D eigenvalue weighted by molar-refractivity contribution is -0.153. The zero-order chi connectivity index (χ0) is 44.6. The van der Waals surface area contributed by atoms with Crippen LogP contribution in [0.25, 0.3) is 21.9 Å². The highest BCUT2D eigenvalue weighted by atomic mass is 16.5. The molecule has 63 heavy (non-hydrogen) atoms. The van der Waals surface area contributed by atoms with E-state index in [-0.39, 0.29) is 41.4 Å². The summed E-state index contributed by atoms with van der Waals surface area (Å²) < 4.78 is 18.7. The summed E-state index contributed by atoms with van der Waals surface area (Å²) in [6, 6.07) is 9.70. The molecule has 2 aromatic carbocycles. The molecular formula is C46H53N7O10. The van der Waals surface area contributed by atoms with Gasteiger partial charge in [0.25, 0.3) is 29.8 Å². The highest BCUT2D eigenvalue weighted by molar-refractivity contribution is 6.25. The van der Waals surface area contributed by atoms with Crippen LogP contribution in [0.3, 0.4) is 0 Å². The van der Waals surface area contributed by atoms with Crippen molar-refractivity contribution in [3.63, 3.8) is 0 Å². The quantitative estimate of drug-likeness (QED) is 0.0615. The lowest BCUT2D eigenvalue weighted by Gasteiger charge is -2.42. The Morgan fingerprint density at radius 3 is 2.32 bits per heavy atom. The van der Waals surface area contributed by atoms with Crippen molar-refractivity contribution in [2.24, 2.45) is 5.92 Å². The third-order valence-corrected chi connectivity index (χ3v) is 12.1. The van der Waals surface area contributed by atoms with Crippen LogP contribution < -0.4 is 31.0 Å². The maximum absolute atomic E-state index is 13.3. The molecule has 2 aromatic heterocycles. The van der Waals surface area contributed by atoms with E-state index in [1.807, 2.05) is 31.3 Å². The lowest BCUT2D eigenvalue weighted by atomic mass is 9.91. The van der Waals surface area contributed by atoms with Crippen molar-refractivity contribution in [2.45, 2.75) is 83.5 Å². The number of likely N-dealkylation sites (tertiary alicyclic amines) is 1. The number of fused-ring (bicyclic) bond motifs is 2. The number of hydrogen-bond acceptors (Lipinski definition) is 13. The second-order valence-corrected chi connectivity index (χ2v) is 16.0. The first kappa shape index (κ1) is 44.4. The number of benzene rings is 2. The van der Waals surface area contributed by atoms with Gasteiger partial charge in [0.05, 0.1) is 36.3 Å². The van der Waals surface area contributed by atoms with Gasteiger partial charge in [-0.05, 0) is 67.5 Å². The Kier molecular flexibility index (Phi) is 14.1. The first-order chi connectivity index (χ1) is 30.6. The number of unbranched alkanes of at least 4 members (excludes halogenated alkanes) is 5. The fourth-order valence-electron chi connectivity index (χ4n) is 8.75. The summed E-state index contributed by atoms with van der Waals surface area (Å²) in [5, 5.41) is 9.74. The van der Waals surface area contributed by atoms with E-state index < -0.39 is 35.8 Å². The molecule has 2 atom stereocenters. The Morgan fingerprint density at radius 2 is 1.63 bits per heavy atom. The molecule has 17 nitrogen and oxygen atoms in total. The predicted molar refractivity (Wildman–Crippen MR) is 232 cm³/mol. The van der Waals surface area contributed by atoms with Crippen LogP contribution >= 0.6 is 0 Å². The van der Waals surface area contributed by atoms with Crippen molar-refractivity contribution < 1.29 is 43.0 Å². The van der Waals surface area contributed by atoms with Crippen LogP contribution in [0, 0.1) is 5.92 Å². The van der Waals surface area contributed by atoms with Gasteiger partial charge in [0.15, 0.2) is 6.10 Å². The number of rotatable bonds is 21. The van der Waals surface area contributed by atoms with Gasteiger partial charge in [0.1, 0.15) is 17.5 Å². The number of pyridine rings is 2. The normalized spacial score (nSPS) is 16.9. The van der Waals surface area contributed by atoms with Crippen LogP contribution in [-0.4, -0.2) is 108 Å². The Morgan fingerprint density at radius 1 is 0.921 bits per heavy atom. The minimum absolute atomic E-state index is 0.0624. The number of hydrogen-bond donors (Lipinski definition) is 3.